The minimum atomic E-state index is -0.971. The Morgan fingerprint density at radius 1 is 1.38 bits per heavy atom. The summed E-state index contributed by atoms with van der Waals surface area (Å²) in [4.78, 5) is 13.3. The van der Waals surface area contributed by atoms with Crippen LogP contribution in [-0.4, -0.2) is 47.9 Å². The van der Waals surface area contributed by atoms with Crippen molar-refractivity contribution in [1.82, 2.24) is 10.2 Å². The second-order valence-corrected chi connectivity index (χ2v) is 6.03. The van der Waals surface area contributed by atoms with Gasteiger partial charge in [-0.1, -0.05) is 6.07 Å². The van der Waals surface area contributed by atoms with Crippen molar-refractivity contribution in [3.05, 3.63) is 35.4 Å². The van der Waals surface area contributed by atoms with E-state index >= 15 is 0 Å². The first kappa shape index (κ1) is 18.6. The molecule has 0 bridgehead atoms. The zero-order chi connectivity index (χ0) is 17.7. The molecule has 1 aromatic rings. The Hall–Kier alpha value is -1.73. The van der Waals surface area contributed by atoms with Crippen molar-refractivity contribution in [1.29, 1.82) is 0 Å². The Morgan fingerprint density at radius 2 is 2.04 bits per heavy atom. The topological polar surface area (TPSA) is 61.8 Å². The van der Waals surface area contributed by atoms with Gasteiger partial charge in [0.1, 0.15) is 0 Å². The maximum Gasteiger partial charge on any atom is 0.409 e. The summed E-state index contributed by atoms with van der Waals surface area (Å²) in [5, 5.41) is 13.6. The van der Waals surface area contributed by atoms with Crippen molar-refractivity contribution in [2.45, 2.75) is 44.9 Å². The molecule has 1 aliphatic rings. The van der Waals surface area contributed by atoms with E-state index in [4.69, 9.17) is 4.74 Å². The van der Waals surface area contributed by atoms with Crippen LogP contribution < -0.4 is 5.32 Å². The van der Waals surface area contributed by atoms with Crippen molar-refractivity contribution in [2.75, 3.05) is 19.7 Å². The number of rotatable bonds is 5. The average molecular weight is 342 g/mol. The van der Waals surface area contributed by atoms with Crippen molar-refractivity contribution < 1.29 is 23.4 Å². The van der Waals surface area contributed by atoms with Crippen molar-refractivity contribution in [2.24, 2.45) is 0 Å². The largest absolute Gasteiger partial charge is 0.450 e. The quantitative estimate of drug-likeness (QED) is 0.863. The Morgan fingerprint density at radius 3 is 2.62 bits per heavy atom. The van der Waals surface area contributed by atoms with Gasteiger partial charge in [0.2, 0.25) is 0 Å². The second-order valence-electron chi connectivity index (χ2n) is 6.03. The van der Waals surface area contributed by atoms with Gasteiger partial charge in [-0.3, -0.25) is 0 Å². The lowest BCUT2D eigenvalue weighted by Crippen LogP contribution is -2.48. The molecule has 1 saturated heterocycles. The van der Waals surface area contributed by atoms with Gasteiger partial charge in [0.25, 0.3) is 0 Å². The molecule has 2 N–H and O–H groups in total. The van der Waals surface area contributed by atoms with Crippen molar-refractivity contribution in [3.8, 4) is 0 Å². The van der Waals surface area contributed by atoms with Gasteiger partial charge in [0.15, 0.2) is 11.6 Å². The fourth-order valence-electron chi connectivity index (χ4n) is 2.89. The van der Waals surface area contributed by atoms with E-state index in [1.165, 1.54) is 6.07 Å². The summed E-state index contributed by atoms with van der Waals surface area (Å²) >= 11 is 0. The fourth-order valence-corrected chi connectivity index (χ4v) is 2.89. The van der Waals surface area contributed by atoms with E-state index in [2.05, 4.69) is 5.32 Å². The van der Waals surface area contributed by atoms with E-state index in [9.17, 15) is 18.7 Å². The van der Waals surface area contributed by atoms with E-state index in [1.807, 2.05) is 0 Å². The molecule has 0 radical (unpaired) electrons. The van der Waals surface area contributed by atoms with Crippen LogP contribution in [-0.2, 0) is 4.74 Å². The summed E-state index contributed by atoms with van der Waals surface area (Å²) in [5.74, 6) is -1.90. The molecule has 0 aliphatic carbocycles. The van der Waals surface area contributed by atoms with Gasteiger partial charge < -0.3 is 20.1 Å². The van der Waals surface area contributed by atoms with Crippen LogP contribution in [0.25, 0.3) is 0 Å². The van der Waals surface area contributed by atoms with E-state index in [-0.39, 0.29) is 18.2 Å². The molecular weight excluding hydrogens is 318 g/mol. The number of nitrogens with zero attached hydrogens (tertiary/aromatic N) is 1. The molecule has 1 amide bonds. The second kappa shape index (κ2) is 8.39. The van der Waals surface area contributed by atoms with E-state index in [0.29, 0.717) is 25.3 Å². The molecule has 0 aromatic heterocycles. The highest BCUT2D eigenvalue weighted by atomic mass is 19.2. The first-order chi connectivity index (χ1) is 11.4. The molecule has 7 heteroatoms. The van der Waals surface area contributed by atoms with Gasteiger partial charge in [-0.05, 0) is 44.4 Å². The Bertz CT molecular complexity index is 563. The number of carbonyl (C=O) groups is 1. The molecule has 134 valence electrons. The smallest absolute Gasteiger partial charge is 0.409 e. The summed E-state index contributed by atoms with van der Waals surface area (Å²) in [6.45, 7) is 5.10. The summed E-state index contributed by atoms with van der Waals surface area (Å²) < 4.78 is 31.2. The third-order valence-corrected chi connectivity index (χ3v) is 4.28. The lowest BCUT2D eigenvalue weighted by atomic mass is 9.99. The van der Waals surface area contributed by atoms with Crippen molar-refractivity contribution in [3.63, 3.8) is 0 Å². The predicted octanol–water partition coefficient (Wildman–Crippen LogP) is 2.60. The van der Waals surface area contributed by atoms with Gasteiger partial charge >= 0.3 is 6.09 Å². The first-order valence-electron chi connectivity index (χ1n) is 8.23. The van der Waals surface area contributed by atoms with Crippen LogP contribution >= 0.6 is 0 Å². The third kappa shape index (κ3) is 4.64. The molecule has 1 fully saturated rings. The number of aliphatic hydroxyl groups is 1. The minimum Gasteiger partial charge on any atom is -0.450 e. The molecule has 2 atom stereocenters. The number of hydrogen-bond acceptors (Lipinski definition) is 4. The molecular formula is C17H24F2N2O3. The predicted molar refractivity (Wildman–Crippen MR) is 85.5 cm³/mol. The summed E-state index contributed by atoms with van der Waals surface area (Å²) in [5.41, 5.74) is 0.331. The van der Waals surface area contributed by atoms with Crippen LogP contribution in [0.5, 0.6) is 0 Å². The number of piperidine rings is 1. The van der Waals surface area contributed by atoms with E-state index < -0.39 is 17.7 Å². The molecule has 2 rings (SSSR count). The van der Waals surface area contributed by atoms with Crippen LogP contribution in [0.4, 0.5) is 13.6 Å². The van der Waals surface area contributed by atoms with Gasteiger partial charge in [-0.15, -0.1) is 0 Å². The van der Waals surface area contributed by atoms with Crippen LogP contribution in [0.3, 0.4) is 0 Å². The number of benzene rings is 1. The Labute approximate surface area is 140 Å². The van der Waals surface area contributed by atoms with Crippen molar-refractivity contribution >= 4 is 6.09 Å². The number of hydrogen-bond donors (Lipinski definition) is 2. The van der Waals surface area contributed by atoms with Gasteiger partial charge in [0.05, 0.1) is 12.7 Å². The van der Waals surface area contributed by atoms with E-state index in [1.54, 1.807) is 18.7 Å². The zero-order valence-corrected chi connectivity index (χ0v) is 14.0. The molecule has 0 unspecified atom stereocenters. The van der Waals surface area contributed by atoms with Crippen LogP contribution in [0.15, 0.2) is 18.2 Å². The van der Waals surface area contributed by atoms with E-state index in [0.717, 1.165) is 25.0 Å². The fraction of sp³-hybridized carbons (Fsp3) is 0.588. The highest BCUT2D eigenvalue weighted by Crippen LogP contribution is 2.21. The maximum atomic E-state index is 13.3. The maximum absolute atomic E-state index is 13.3. The number of carbonyl (C=O) groups excluding carboxylic acids is 1. The average Bonchev–Trinajstić information content (AvgIpc) is 2.57. The van der Waals surface area contributed by atoms with Crippen LogP contribution in [0.2, 0.25) is 0 Å². The van der Waals surface area contributed by atoms with Gasteiger partial charge in [-0.2, -0.15) is 0 Å². The molecule has 1 aliphatic heterocycles. The SMILES string of the molecule is CCOC(=O)N1CCC(N[C@@H](C)[C@@H](O)c2ccc(F)c(F)c2)CC1. The number of likely N-dealkylation sites (tertiary alicyclic amines) is 1. The molecule has 0 spiro atoms. The van der Waals surface area contributed by atoms with Gasteiger partial charge in [0, 0.05) is 25.2 Å². The lowest BCUT2D eigenvalue weighted by molar-refractivity contribution is 0.0872. The number of aliphatic hydroxyl groups excluding tert-OH is 1. The minimum absolute atomic E-state index is 0.144. The highest BCUT2D eigenvalue weighted by Gasteiger charge is 2.26. The standard InChI is InChI=1S/C17H24F2N2O3/c1-3-24-17(23)21-8-6-13(7-9-21)20-11(2)16(22)12-4-5-14(18)15(19)10-12/h4-5,10-11,13,16,20,22H,3,6-9H2,1-2H3/t11-,16+/m0/s1. The first-order valence-corrected chi connectivity index (χ1v) is 8.23. The third-order valence-electron chi connectivity index (χ3n) is 4.28. The molecule has 0 saturated carbocycles. The summed E-state index contributed by atoms with van der Waals surface area (Å²) in [7, 11) is 0. The number of amides is 1. The Balaban J connectivity index is 1.85. The van der Waals surface area contributed by atoms with Crippen LogP contribution in [0.1, 0.15) is 38.4 Å². The summed E-state index contributed by atoms with van der Waals surface area (Å²) in [6.07, 6.45) is 0.246. The molecule has 1 aromatic carbocycles. The Kier molecular flexibility index (Phi) is 6.51. The number of halogens is 2. The molecule has 1 heterocycles. The molecule has 5 nitrogen and oxygen atoms in total. The highest BCUT2D eigenvalue weighted by molar-refractivity contribution is 5.67. The monoisotopic (exact) mass is 342 g/mol. The molecule has 24 heavy (non-hydrogen) atoms. The lowest BCUT2D eigenvalue weighted by Gasteiger charge is -2.34. The van der Waals surface area contributed by atoms with Crippen LogP contribution in [0, 0.1) is 11.6 Å². The zero-order valence-electron chi connectivity index (χ0n) is 14.0. The number of ether oxygens (including phenoxy) is 1. The van der Waals surface area contributed by atoms with Gasteiger partial charge in [-0.25, -0.2) is 13.6 Å². The number of nitrogens with one attached hydrogen (secondary N) is 1. The summed E-state index contributed by atoms with van der Waals surface area (Å²) in [6, 6.07) is 3.23. The normalized spacial score (nSPS) is 18.3.